The Labute approximate surface area is 114 Å². The van der Waals surface area contributed by atoms with Crippen LogP contribution in [-0.4, -0.2) is 34.3 Å². The van der Waals surface area contributed by atoms with Crippen LogP contribution in [0.4, 0.5) is 0 Å². The zero-order valence-corrected chi connectivity index (χ0v) is 11.6. The summed E-state index contributed by atoms with van der Waals surface area (Å²) in [6.07, 6.45) is 3.99. The number of halogens is 1. The van der Waals surface area contributed by atoms with Crippen LogP contribution < -0.4 is 5.32 Å². The summed E-state index contributed by atoms with van der Waals surface area (Å²) in [5.74, 6) is -0.138. The maximum atomic E-state index is 12.1. The number of nitrogens with zero attached hydrogens (tertiary/aromatic N) is 2. The maximum absolute atomic E-state index is 12.1. The summed E-state index contributed by atoms with van der Waals surface area (Å²) in [7, 11) is 0. The summed E-state index contributed by atoms with van der Waals surface area (Å²) in [6.45, 7) is 2.41. The van der Waals surface area contributed by atoms with Crippen LogP contribution >= 0.6 is 15.9 Å². The second kappa shape index (κ2) is 5.48. The van der Waals surface area contributed by atoms with E-state index in [9.17, 15) is 9.59 Å². The summed E-state index contributed by atoms with van der Waals surface area (Å²) < 4.78 is 0.862. The highest BCUT2D eigenvalue weighted by molar-refractivity contribution is 9.10. The average Bonchev–Trinajstić information content (AvgIpc) is 2.33. The van der Waals surface area contributed by atoms with E-state index >= 15 is 0 Å². The summed E-state index contributed by atoms with van der Waals surface area (Å²) in [5, 5.41) is 2.69. The lowest BCUT2D eigenvalue weighted by Gasteiger charge is -2.32. The minimum Gasteiger partial charge on any atom is -0.343 e. The summed E-state index contributed by atoms with van der Waals surface area (Å²) in [4.78, 5) is 29.2. The molecule has 0 saturated carbocycles. The van der Waals surface area contributed by atoms with E-state index in [-0.39, 0.29) is 18.4 Å². The minimum atomic E-state index is -0.397. The van der Waals surface area contributed by atoms with E-state index in [2.05, 4.69) is 26.2 Å². The number of aromatic nitrogens is 1. The van der Waals surface area contributed by atoms with Gasteiger partial charge in [0.2, 0.25) is 11.8 Å². The van der Waals surface area contributed by atoms with E-state index in [0.717, 1.165) is 10.0 Å². The van der Waals surface area contributed by atoms with Crippen molar-refractivity contribution in [2.75, 3.05) is 6.54 Å². The van der Waals surface area contributed by atoms with Crippen molar-refractivity contribution in [3.8, 4) is 0 Å². The molecule has 0 aromatic carbocycles. The molecule has 0 aliphatic carbocycles. The van der Waals surface area contributed by atoms with Crippen LogP contribution in [0.1, 0.15) is 18.9 Å². The normalized spacial score (nSPS) is 19.9. The fraction of sp³-hybridized carbons (Fsp3) is 0.417. The Morgan fingerprint density at radius 3 is 2.94 bits per heavy atom. The fourth-order valence-corrected chi connectivity index (χ4v) is 2.36. The lowest BCUT2D eigenvalue weighted by molar-refractivity contribution is -0.144. The van der Waals surface area contributed by atoms with Crippen molar-refractivity contribution >= 4 is 27.7 Å². The highest BCUT2D eigenvalue weighted by Gasteiger charge is 2.31. The molecule has 6 heteroatoms. The molecule has 2 amide bonds. The molecular weight excluding hydrogens is 298 g/mol. The standard InChI is InChI=1S/C12H14BrN3O2/c1-2-10-12(18)16(7-11(17)15-10)6-8-3-9(13)5-14-4-8/h3-5,10H,2,6-7H2,1H3,(H,15,17). The maximum Gasteiger partial charge on any atom is 0.245 e. The lowest BCUT2D eigenvalue weighted by Crippen LogP contribution is -2.57. The molecule has 1 unspecified atom stereocenters. The van der Waals surface area contributed by atoms with Crippen molar-refractivity contribution in [3.63, 3.8) is 0 Å². The first-order chi connectivity index (χ1) is 8.60. The van der Waals surface area contributed by atoms with Gasteiger partial charge in [-0.2, -0.15) is 0 Å². The number of rotatable bonds is 3. The Morgan fingerprint density at radius 1 is 1.50 bits per heavy atom. The SMILES string of the molecule is CCC1NC(=O)CN(Cc2cncc(Br)c2)C1=O. The van der Waals surface area contributed by atoms with Gasteiger partial charge in [-0.25, -0.2) is 0 Å². The molecule has 1 saturated heterocycles. The predicted octanol–water partition coefficient (Wildman–Crippen LogP) is 1.08. The predicted molar refractivity (Wildman–Crippen MR) is 69.6 cm³/mol. The number of hydrogen-bond acceptors (Lipinski definition) is 3. The van der Waals surface area contributed by atoms with Crippen LogP contribution in [0.15, 0.2) is 22.9 Å². The molecular formula is C12H14BrN3O2. The minimum absolute atomic E-state index is 0.0305. The Bertz CT molecular complexity index is 478. The molecule has 1 aromatic heterocycles. The molecule has 1 aliphatic rings. The van der Waals surface area contributed by atoms with E-state index in [1.807, 2.05) is 13.0 Å². The van der Waals surface area contributed by atoms with E-state index in [0.29, 0.717) is 13.0 Å². The van der Waals surface area contributed by atoms with Crippen molar-refractivity contribution in [2.45, 2.75) is 25.9 Å². The van der Waals surface area contributed by atoms with Gasteiger partial charge in [0.25, 0.3) is 0 Å². The molecule has 0 bridgehead atoms. The Balaban J connectivity index is 2.12. The van der Waals surface area contributed by atoms with Crippen LogP contribution in [0.3, 0.4) is 0 Å². The van der Waals surface area contributed by atoms with Crippen LogP contribution in [0.2, 0.25) is 0 Å². The molecule has 1 aromatic rings. The molecule has 5 nitrogen and oxygen atoms in total. The molecule has 1 N–H and O–H groups in total. The van der Waals surface area contributed by atoms with Gasteiger partial charge in [-0.1, -0.05) is 6.92 Å². The number of amides is 2. The van der Waals surface area contributed by atoms with Crippen molar-refractivity contribution in [2.24, 2.45) is 0 Å². The lowest BCUT2D eigenvalue weighted by atomic mass is 10.1. The van der Waals surface area contributed by atoms with Gasteiger partial charge in [-0.3, -0.25) is 14.6 Å². The van der Waals surface area contributed by atoms with Crippen LogP contribution in [-0.2, 0) is 16.1 Å². The van der Waals surface area contributed by atoms with Gasteiger partial charge in [0.1, 0.15) is 6.04 Å². The van der Waals surface area contributed by atoms with Crippen LogP contribution in [0, 0.1) is 0 Å². The molecule has 96 valence electrons. The molecule has 1 fully saturated rings. The third kappa shape index (κ3) is 2.87. The molecule has 0 spiro atoms. The fourth-order valence-electron chi connectivity index (χ4n) is 1.95. The summed E-state index contributed by atoms with van der Waals surface area (Å²) in [5.41, 5.74) is 0.905. The van der Waals surface area contributed by atoms with E-state index in [1.54, 1.807) is 17.3 Å². The van der Waals surface area contributed by atoms with E-state index in [4.69, 9.17) is 0 Å². The monoisotopic (exact) mass is 311 g/mol. The smallest absolute Gasteiger partial charge is 0.245 e. The average molecular weight is 312 g/mol. The van der Waals surface area contributed by atoms with Gasteiger partial charge in [-0.15, -0.1) is 0 Å². The van der Waals surface area contributed by atoms with Crippen LogP contribution in [0.25, 0.3) is 0 Å². The summed E-state index contributed by atoms with van der Waals surface area (Å²) >= 11 is 3.33. The Hall–Kier alpha value is -1.43. The zero-order valence-electron chi connectivity index (χ0n) is 10.0. The van der Waals surface area contributed by atoms with Crippen molar-refractivity contribution in [1.29, 1.82) is 0 Å². The molecule has 2 rings (SSSR count). The van der Waals surface area contributed by atoms with Gasteiger partial charge in [-0.05, 0) is 34.0 Å². The molecule has 1 atom stereocenters. The first kappa shape index (κ1) is 13.0. The highest BCUT2D eigenvalue weighted by Crippen LogP contribution is 2.14. The molecule has 0 radical (unpaired) electrons. The third-order valence-corrected chi connectivity index (χ3v) is 3.26. The Kier molecular flexibility index (Phi) is 3.96. The van der Waals surface area contributed by atoms with Gasteiger partial charge < -0.3 is 10.2 Å². The van der Waals surface area contributed by atoms with Crippen molar-refractivity contribution in [3.05, 3.63) is 28.5 Å². The second-order valence-electron chi connectivity index (χ2n) is 4.23. The quantitative estimate of drug-likeness (QED) is 0.908. The van der Waals surface area contributed by atoms with Crippen molar-refractivity contribution in [1.82, 2.24) is 15.2 Å². The summed E-state index contributed by atoms with van der Waals surface area (Å²) in [6, 6.07) is 1.50. The second-order valence-corrected chi connectivity index (χ2v) is 5.15. The molecule has 2 heterocycles. The topological polar surface area (TPSA) is 62.3 Å². The van der Waals surface area contributed by atoms with Gasteiger partial charge in [0.05, 0.1) is 6.54 Å². The number of pyridine rings is 1. The van der Waals surface area contributed by atoms with E-state index < -0.39 is 6.04 Å². The number of nitrogens with one attached hydrogen (secondary N) is 1. The highest BCUT2D eigenvalue weighted by atomic mass is 79.9. The first-order valence-corrected chi connectivity index (χ1v) is 6.57. The van der Waals surface area contributed by atoms with Crippen molar-refractivity contribution < 1.29 is 9.59 Å². The van der Waals surface area contributed by atoms with Gasteiger partial charge in [0.15, 0.2) is 0 Å². The zero-order chi connectivity index (χ0) is 13.1. The number of piperazine rings is 1. The third-order valence-electron chi connectivity index (χ3n) is 2.82. The number of carbonyl (C=O) groups is 2. The van der Waals surface area contributed by atoms with Gasteiger partial charge >= 0.3 is 0 Å². The molecule has 1 aliphatic heterocycles. The number of carbonyl (C=O) groups excluding carboxylic acids is 2. The van der Waals surface area contributed by atoms with Gasteiger partial charge in [0, 0.05) is 23.4 Å². The van der Waals surface area contributed by atoms with E-state index in [1.165, 1.54) is 0 Å². The van der Waals surface area contributed by atoms with Crippen LogP contribution in [0.5, 0.6) is 0 Å². The Morgan fingerprint density at radius 2 is 2.28 bits per heavy atom. The molecule has 18 heavy (non-hydrogen) atoms. The first-order valence-electron chi connectivity index (χ1n) is 5.77. The number of hydrogen-bond donors (Lipinski definition) is 1. The largest absolute Gasteiger partial charge is 0.343 e.